The van der Waals surface area contributed by atoms with Crippen LogP contribution < -0.4 is 0 Å². The van der Waals surface area contributed by atoms with Crippen molar-refractivity contribution in [1.82, 2.24) is 0 Å². The quantitative estimate of drug-likeness (QED) is 0.420. The average Bonchev–Trinajstić information content (AvgIpc) is 1.97. The Labute approximate surface area is 119 Å². The van der Waals surface area contributed by atoms with Crippen molar-refractivity contribution in [1.29, 1.82) is 0 Å². The van der Waals surface area contributed by atoms with Gasteiger partial charge in [0.15, 0.2) is 0 Å². The maximum absolute atomic E-state index is 5.95. The first-order valence-corrected chi connectivity index (χ1v) is 6.94. The molecule has 0 aliphatic carbocycles. The minimum atomic E-state index is -0.740. The average molecular weight is 426 g/mol. The highest BCUT2D eigenvalue weighted by Crippen LogP contribution is 2.34. The molecule has 0 bridgehead atoms. The predicted molar refractivity (Wildman–Crippen MR) is 73.4 cm³/mol. The van der Waals surface area contributed by atoms with Crippen LogP contribution in [0, 0.1) is 0 Å². The van der Waals surface area contributed by atoms with Crippen LogP contribution in [0.5, 0.6) is 0 Å². The van der Waals surface area contributed by atoms with Crippen LogP contribution in [-0.4, -0.2) is 4.33 Å². The molecule has 14 heavy (non-hydrogen) atoms. The summed E-state index contributed by atoms with van der Waals surface area (Å²) in [6.07, 6.45) is 0.600. The zero-order valence-electron chi connectivity index (χ0n) is 7.25. The van der Waals surface area contributed by atoms with E-state index in [0.29, 0.717) is 6.42 Å². The molecule has 5 heteroatoms. The summed E-state index contributed by atoms with van der Waals surface area (Å²) in [7, 11) is 0. The van der Waals surface area contributed by atoms with Gasteiger partial charge in [-0.05, 0) is 56.5 Å². The molecule has 0 aliphatic rings. The molecule has 0 unspecified atom stereocenters. The van der Waals surface area contributed by atoms with Crippen molar-refractivity contribution in [2.24, 2.45) is 0 Å². The van der Waals surface area contributed by atoms with Crippen molar-refractivity contribution in [2.75, 3.05) is 0 Å². The third-order valence-corrected chi connectivity index (χ3v) is 4.44. The zero-order chi connectivity index (χ0) is 10.9. The lowest BCUT2D eigenvalue weighted by Crippen LogP contribution is -2.10. The first-order valence-electron chi connectivity index (χ1n) is 3.81. The molecule has 0 fully saturated rings. The lowest BCUT2D eigenvalue weighted by Gasteiger charge is -2.15. The zero-order valence-corrected chi connectivity index (χ0v) is 13.5. The van der Waals surface area contributed by atoms with E-state index in [1.807, 2.05) is 12.1 Å². The minimum Gasteiger partial charge on any atom is -0.102 e. The van der Waals surface area contributed by atoms with E-state index in [1.54, 1.807) is 6.92 Å². The van der Waals surface area contributed by atoms with Crippen LogP contribution in [0.15, 0.2) is 25.6 Å². The maximum Gasteiger partial charge on any atom is 0.119 e. The van der Waals surface area contributed by atoms with Crippen LogP contribution in [-0.2, 0) is 6.42 Å². The molecule has 0 aliphatic heterocycles. The normalized spacial score (nSPS) is 11.9. The molecule has 0 saturated carbocycles. The molecule has 1 aromatic rings. The number of hydrogen-bond donors (Lipinski definition) is 0. The first kappa shape index (κ1) is 13.3. The molecular formula is C9H7Br3Cl2. The van der Waals surface area contributed by atoms with Gasteiger partial charge in [0.25, 0.3) is 0 Å². The Kier molecular flexibility index (Phi) is 4.80. The molecule has 0 amide bonds. The molecule has 0 saturated heterocycles. The van der Waals surface area contributed by atoms with Crippen LogP contribution >= 0.6 is 71.0 Å². The summed E-state index contributed by atoms with van der Waals surface area (Å²) in [6.45, 7) is 1.78. The van der Waals surface area contributed by atoms with Crippen molar-refractivity contribution in [3.8, 4) is 0 Å². The summed E-state index contributed by atoms with van der Waals surface area (Å²) in [5, 5.41) is 0. The van der Waals surface area contributed by atoms with E-state index in [1.165, 1.54) is 0 Å². The van der Waals surface area contributed by atoms with Gasteiger partial charge in [-0.1, -0.05) is 15.9 Å². The van der Waals surface area contributed by atoms with Crippen LogP contribution in [0.2, 0.25) is 0 Å². The fourth-order valence-electron chi connectivity index (χ4n) is 1.03. The fraction of sp³-hybridized carbons (Fsp3) is 0.333. The number of alkyl halides is 2. The van der Waals surface area contributed by atoms with Crippen LogP contribution in [0.25, 0.3) is 0 Å². The molecule has 1 rings (SSSR count). The van der Waals surface area contributed by atoms with Gasteiger partial charge >= 0.3 is 0 Å². The highest BCUT2D eigenvalue weighted by Gasteiger charge is 2.19. The lowest BCUT2D eigenvalue weighted by molar-refractivity contribution is 0.849. The summed E-state index contributed by atoms with van der Waals surface area (Å²) in [5.74, 6) is 0. The SMILES string of the molecule is CC(Cl)(Cl)Cc1cc(Br)c(Br)cc1Br. The molecule has 1 aromatic carbocycles. The maximum atomic E-state index is 5.95. The number of hydrogen-bond acceptors (Lipinski definition) is 0. The summed E-state index contributed by atoms with van der Waals surface area (Å²) < 4.78 is 2.25. The van der Waals surface area contributed by atoms with Gasteiger partial charge in [-0.25, -0.2) is 0 Å². The molecule has 0 nitrogen and oxygen atoms in total. The molecular weight excluding hydrogens is 419 g/mol. The van der Waals surface area contributed by atoms with Crippen molar-refractivity contribution < 1.29 is 0 Å². The summed E-state index contributed by atoms with van der Waals surface area (Å²) in [6, 6.07) is 3.97. The molecule has 0 heterocycles. The van der Waals surface area contributed by atoms with Gasteiger partial charge in [0.05, 0.1) is 0 Å². The number of rotatable bonds is 2. The Morgan fingerprint density at radius 3 is 2.07 bits per heavy atom. The Morgan fingerprint density at radius 2 is 1.57 bits per heavy atom. The van der Waals surface area contributed by atoms with Gasteiger partial charge < -0.3 is 0 Å². The highest BCUT2D eigenvalue weighted by atomic mass is 79.9. The Hall–Kier alpha value is 1.24. The highest BCUT2D eigenvalue weighted by molar-refractivity contribution is 9.13. The molecule has 0 spiro atoms. The number of halogens is 5. The van der Waals surface area contributed by atoms with E-state index in [9.17, 15) is 0 Å². The summed E-state index contributed by atoms with van der Waals surface area (Å²) in [5.41, 5.74) is 1.08. The van der Waals surface area contributed by atoms with Crippen molar-refractivity contribution in [3.63, 3.8) is 0 Å². The predicted octanol–water partition coefficient (Wildman–Crippen LogP) is 5.71. The van der Waals surface area contributed by atoms with Gasteiger partial charge in [0.1, 0.15) is 4.33 Å². The number of benzene rings is 1. The van der Waals surface area contributed by atoms with Crippen LogP contribution in [0.3, 0.4) is 0 Å². The topological polar surface area (TPSA) is 0 Å². The Morgan fingerprint density at radius 1 is 1.07 bits per heavy atom. The first-order chi connectivity index (χ1) is 6.29. The van der Waals surface area contributed by atoms with E-state index in [4.69, 9.17) is 23.2 Å². The van der Waals surface area contributed by atoms with Gasteiger partial charge in [0, 0.05) is 19.8 Å². The Balaban J connectivity index is 3.04. The second kappa shape index (κ2) is 5.05. The van der Waals surface area contributed by atoms with E-state index in [0.717, 1.165) is 19.0 Å². The smallest absolute Gasteiger partial charge is 0.102 e. The molecule has 0 radical (unpaired) electrons. The van der Waals surface area contributed by atoms with Crippen molar-refractivity contribution in [3.05, 3.63) is 31.1 Å². The van der Waals surface area contributed by atoms with Gasteiger partial charge in [-0.3, -0.25) is 0 Å². The van der Waals surface area contributed by atoms with E-state index in [2.05, 4.69) is 47.8 Å². The lowest BCUT2D eigenvalue weighted by atomic mass is 10.1. The summed E-state index contributed by atoms with van der Waals surface area (Å²) in [4.78, 5) is 0. The van der Waals surface area contributed by atoms with Gasteiger partial charge in [-0.2, -0.15) is 0 Å². The van der Waals surface area contributed by atoms with E-state index in [-0.39, 0.29) is 0 Å². The van der Waals surface area contributed by atoms with E-state index < -0.39 is 4.33 Å². The van der Waals surface area contributed by atoms with Crippen LogP contribution in [0.4, 0.5) is 0 Å². The molecule has 0 N–H and O–H groups in total. The minimum absolute atomic E-state index is 0.600. The molecule has 78 valence electrons. The Bertz CT molecular complexity index is 345. The van der Waals surface area contributed by atoms with E-state index >= 15 is 0 Å². The second-order valence-electron chi connectivity index (χ2n) is 3.10. The summed E-state index contributed by atoms with van der Waals surface area (Å²) >= 11 is 22.2. The third-order valence-electron chi connectivity index (χ3n) is 1.59. The standard InChI is InChI=1S/C9H7Br3Cl2/c1-9(13,14)4-5-2-7(11)8(12)3-6(5)10/h2-3H,4H2,1H3. The fourth-order valence-corrected chi connectivity index (χ4v) is 2.85. The molecule has 0 aromatic heterocycles. The van der Waals surface area contributed by atoms with Gasteiger partial charge in [0.2, 0.25) is 0 Å². The van der Waals surface area contributed by atoms with Crippen LogP contribution in [0.1, 0.15) is 12.5 Å². The monoisotopic (exact) mass is 422 g/mol. The second-order valence-corrected chi connectivity index (χ2v) is 7.53. The van der Waals surface area contributed by atoms with Crippen molar-refractivity contribution >= 4 is 71.0 Å². The largest absolute Gasteiger partial charge is 0.119 e. The third kappa shape index (κ3) is 4.01. The van der Waals surface area contributed by atoms with Crippen molar-refractivity contribution in [2.45, 2.75) is 17.7 Å². The van der Waals surface area contributed by atoms with Gasteiger partial charge in [-0.15, -0.1) is 23.2 Å². The molecule has 0 atom stereocenters.